The van der Waals surface area contributed by atoms with Gasteiger partial charge in [0, 0.05) is 19.6 Å². The van der Waals surface area contributed by atoms with Crippen LogP contribution in [0.3, 0.4) is 0 Å². The molecule has 1 aliphatic heterocycles. The highest BCUT2D eigenvalue weighted by molar-refractivity contribution is 5.76. The van der Waals surface area contributed by atoms with Gasteiger partial charge >= 0.3 is 5.97 Å². The molecule has 1 fully saturated rings. The van der Waals surface area contributed by atoms with Crippen molar-refractivity contribution in [2.24, 2.45) is 0 Å². The summed E-state index contributed by atoms with van der Waals surface area (Å²) in [5.41, 5.74) is 0.863. The maximum atomic E-state index is 11.5. The van der Waals surface area contributed by atoms with Crippen molar-refractivity contribution in [1.29, 1.82) is 0 Å². The number of carbonyl (C=O) groups is 1. The van der Waals surface area contributed by atoms with Crippen LogP contribution in [0.2, 0.25) is 0 Å². The summed E-state index contributed by atoms with van der Waals surface area (Å²) >= 11 is 0. The number of hydrogen-bond donors (Lipinski definition) is 1. The molecule has 104 valence electrons. The van der Waals surface area contributed by atoms with Gasteiger partial charge in [-0.1, -0.05) is 30.3 Å². The number of morpholine rings is 1. The van der Waals surface area contributed by atoms with Crippen LogP contribution in [0.5, 0.6) is 0 Å². The normalized spacial score (nSPS) is 26.0. The molecule has 3 atom stereocenters. The second-order valence-electron chi connectivity index (χ2n) is 5.28. The van der Waals surface area contributed by atoms with Crippen molar-refractivity contribution in [3.63, 3.8) is 0 Å². The summed E-state index contributed by atoms with van der Waals surface area (Å²) in [6, 6.07) is 9.44. The molecule has 0 aliphatic carbocycles. The molecule has 0 spiro atoms. The van der Waals surface area contributed by atoms with Crippen LogP contribution < -0.4 is 0 Å². The zero-order chi connectivity index (χ0) is 13.8. The SMILES string of the molecule is C[C@@H]1CN(CC(C(=O)O)c2ccccc2)C[C@H](C)O1. The molecule has 19 heavy (non-hydrogen) atoms. The third-order valence-corrected chi connectivity index (χ3v) is 3.44. The lowest BCUT2D eigenvalue weighted by atomic mass is 9.98. The molecular formula is C15H21NO3. The van der Waals surface area contributed by atoms with Crippen molar-refractivity contribution in [3.05, 3.63) is 35.9 Å². The number of ether oxygens (including phenoxy) is 1. The minimum Gasteiger partial charge on any atom is -0.481 e. The smallest absolute Gasteiger partial charge is 0.312 e. The van der Waals surface area contributed by atoms with Crippen molar-refractivity contribution < 1.29 is 14.6 Å². The first-order valence-electron chi connectivity index (χ1n) is 6.72. The lowest BCUT2D eigenvalue weighted by Gasteiger charge is -2.36. The molecule has 0 bridgehead atoms. The van der Waals surface area contributed by atoms with Crippen LogP contribution in [0.4, 0.5) is 0 Å². The number of carboxylic acids is 1. The van der Waals surface area contributed by atoms with E-state index in [0.29, 0.717) is 6.54 Å². The molecule has 1 heterocycles. The zero-order valence-electron chi connectivity index (χ0n) is 11.5. The predicted molar refractivity (Wildman–Crippen MR) is 73.3 cm³/mol. The Morgan fingerprint density at radius 1 is 1.32 bits per heavy atom. The third kappa shape index (κ3) is 3.78. The molecule has 1 aliphatic rings. The highest BCUT2D eigenvalue weighted by atomic mass is 16.5. The third-order valence-electron chi connectivity index (χ3n) is 3.44. The summed E-state index contributed by atoms with van der Waals surface area (Å²) in [7, 11) is 0. The van der Waals surface area contributed by atoms with E-state index >= 15 is 0 Å². The fourth-order valence-electron chi connectivity index (χ4n) is 2.70. The molecule has 4 heteroatoms. The van der Waals surface area contributed by atoms with Gasteiger partial charge in [-0.2, -0.15) is 0 Å². The van der Waals surface area contributed by atoms with Crippen LogP contribution in [0.1, 0.15) is 25.3 Å². The Labute approximate surface area is 114 Å². The minimum absolute atomic E-state index is 0.161. The Balaban J connectivity index is 2.07. The summed E-state index contributed by atoms with van der Waals surface area (Å²) in [4.78, 5) is 13.7. The van der Waals surface area contributed by atoms with E-state index in [4.69, 9.17) is 4.74 Å². The van der Waals surface area contributed by atoms with Gasteiger partial charge in [0.1, 0.15) is 0 Å². The number of rotatable bonds is 4. The maximum Gasteiger partial charge on any atom is 0.312 e. The number of carboxylic acid groups (broad SMARTS) is 1. The molecule has 0 aromatic heterocycles. The number of nitrogens with zero attached hydrogens (tertiary/aromatic N) is 1. The van der Waals surface area contributed by atoms with Crippen molar-refractivity contribution in [2.45, 2.75) is 32.0 Å². The van der Waals surface area contributed by atoms with Crippen LogP contribution >= 0.6 is 0 Å². The van der Waals surface area contributed by atoms with Crippen LogP contribution in [0.15, 0.2) is 30.3 Å². The average Bonchev–Trinajstić information content (AvgIpc) is 2.35. The summed E-state index contributed by atoms with van der Waals surface area (Å²) in [6.07, 6.45) is 0.322. The van der Waals surface area contributed by atoms with E-state index in [-0.39, 0.29) is 12.2 Å². The summed E-state index contributed by atoms with van der Waals surface area (Å²) in [6.45, 7) is 6.18. The highest BCUT2D eigenvalue weighted by Crippen LogP contribution is 2.20. The second-order valence-corrected chi connectivity index (χ2v) is 5.28. The van der Waals surface area contributed by atoms with E-state index in [0.717, 1.165) is 18.7 Å². The monoisotopic (exact) mass is 263 g/mol. The van der Waals surface area contributed by atoms with E-state index in [2.05, 4.69) is 4.90 Å². The van der Waals surface area contributed by atoms with Gasteiger partial charge in [-0.05, 0) is 19.4 Å². The first kappa shape index (κ1) is 14.0. The van der Waals surface area contributed by atoms with Gasteiger partial charge in [0.25, 0.3) is 0 Å². The minimum atomic E-state index is -0.766. The largest absolute Gasteiger partial charge is 0.481 e. The van der Waals surface area contributed by atoms with E-state index in [1.54, 1.807) is 0 Å². The van der Waals surface area contributed by atoms with Crippen molar-refractivity contribution in [1.82, 2.24) is 4.90 Å². The van der Waals surface area contributed by atoms with Crippen molar-refractivity contribution in [3.8, 4) is 0 Å². The number of hydrogen-bond acceptors (Lipinski definition) is 3. The molecule has 1 unspecified atom stereocenters. The van der Waals surface area contributed by atoms with E-state index < -0.39 is 11.9 Å². The van der Waals surface area contributed by atoms with Crippen molar-refractivity contribution >= 4 is 5.97 Å². The fourth-order valence-corrected chi connectivity index (χ4v) is 2.70. The molecule has 0 saturated carbocycles. The van der Waals surface area contributed by atoms with Crippen molar-refractivity contribution in [2.75, 3.05) is 19.6 Å². The van der Waals surface area contributed by atoms with Gasteiger partial charge in [-0.3, -0.25) is 9.69 Å². The summed E-state index contributed by atoms with van der Waals surface area (Å²) in [5, 5.41) is 9.43. The molecule has 1 N–H and O–H groups in total. The molecular weight excluding hydrogens is 242 g/mol. The average molecular weight is 263 g/mol. The van der Waals surface area contributed by atoms with Gasteiger partial charge < -0.3 is 9.84 Å². The topological polar surface area (TPSA) is 49.8 Å². The molecule has 1 saturated heterocycles. The van der Waals surface area contributed by atoms with E-state index in [1.807, 2.05) is 44.2 Å². The Bertz CT molecular complexity index is 411. The van der Waals surface area contributed by atoms with Gasteiger partial charge in [0.15, 0.2) is 0 Å². The van der Waals surface area contributed by atoms with E-state index in [1.165, 1.54) is 0 Å². The maximum absolute atomic E-state index is 11.5. The summed E-state index contributed by atoms with van der Waals surface area (Å²) < 4.78 is 5.68. The Morgan fingerprint density at radius 2 is 1.89 bits per heavy atom. The standard InChI is InChI=1S/C15H21NO3/c1-11-8-16(9-12(2)19-11)10-14(15(17)18)13-6-4-3-5-7-13/h3-7,11-12,14H,8-10H2,1-2H3,(H,17,18)/t11-,12+,14?. The van der Waals surface area contributed by atoms with Crippen LogP contribution in [0, 0.1) is 0 Å². The van der Waals surface area contributed by atoms with Gasteiger partial charge in [0.2, 0.25) is 0 Å². The lowest BCUT2D eigenvalue weighted by Crippen LogP contribution is -2.47. The molecule has 1 aromatic carbocycles. The van der Waals surface area contributed by atoms with Crippen LogP contribution in [-0.2, 0) is 9.53 Å². The van der Waals surface area contributed by atoms with E-state index in [9.17, 15) is 9.90 Å². The first-order valence-corrected chi connectivity index (χ1v) is 6.72. The summed E-state index contributed by atoms with van der Waals surface area (Å²) in [5.74, 6) is -1.24. The van der Waals surface area contributed by atoms with Gasteiger partial charge in [0.05, 0.1) is 18.1 Å². The second kappa shape index (κ2) is 6.17. The predicted octanol–water partition coefficient (Wildman–Crippen LogP) is 1.96. The first-order chi connectivity index (χ1) is 9.06. The van der Waals surface area contributed by atoms with Crippen LogP contribution in [-0.4, -0.2) is 47.8 Å². The lowest BCUT2D eigenvalue weighted by molar-refractivity contribution is -0.140. The highest BCUT2D eigenvalue weighted by Gasteiger charge is 2.28. The Hall–Kier alpha value is -1.39. The Morgan fingerprint density at radius 3 is 2.42 bits per heavy atom. The molecule has 0 amide bonds. The fraction of sp³-hybridized carbons (Fsp3) is 0.533. The molecule has 4 nitrogen and oxygen atoms in total. The number of benzene rings is 1. The molecule has 1 aromatic rings. The molecule has 0 radical (unpaired) electrons. The number of aliphatic carboxylic acids is 1. The molecule has 2 rings (SSSR count). The quantitative estimate of drug-likeness (QED) is 0.902. The Kier molecular flexibility index (Phi) is 4.56. The zero-order valence-corrected chi connectivity index (χ0v) is 11.5. The van der Waals surface area contributed by atoms with Gasteiger partial charge in [-0.15, -0.1) is 0 Å². The van der Waals surface area contributed by atoms with Crippen LogP contribution in [0.25, 0.3) is 0 Å². The van der Waals surface area contributed by atoms with Gasteiger partial charge in [-0.25, -0.2) is 0 Å².